The molecule has 0 bridgehead atoms. The molecule has 0 aliphatic rings. The van der Waals surface area contributed by atoms with Crippen molar-refractivity contribution < 1.29 is 0 Å². The van der Waals surface area contributed by atoms with E-state index in [2.05, 4.69) is 22.8 Å². The van der Waals surface area contributed by atoms with E-state index in [1.165, 1.54) is 12.7 Å². The number of nitrogens with zero attached hydrogens (tertiary/aromatic N) is 1. The third-order valence-electron chi connectivity index (χ3n) is 1.27. The first-order valence-corrected chi connectivity index (χ1v) is 3.61. The van der Waals surface area contributed by atoms with E-state index >= 15 is 0 Å². The number of hydrogen-bond donors (Lipinski definition) is 1. The first-order chi connectivity index (χ1) is 5.30. The molecule has 1 aromatic carbocycles. The van der Waals surface area contributed by atoms with Gasteiger partial charge in [-0.3, -0.25) is 0 Å². The van der Waals surface area contributed by atoms with Crippen molar-refractivity contribution >= 4 is 5.69 Å². The molecule has 2 N–H and O–H groups in total. The average molecular weight is 152 g/mol. The van der Waals surface area contributed by atoms with Gasteiger partial charge in [-0.05, 0) is 19.2 Å². The second-order valence-corrected chi connectivity index (χ2v) is 2.23. The molecular formula is C9H16N2. The van der Waals surface area contributed by atoms with Crippen molar-refractivity contribution in [3.8, 4) is 0 Å². The Kier molecular flexibility index (Phi) is 5.21. The van der Waals surface area contributed by atoms with Gasteiger partial charge in [0.2, 0.25) is 0 Å². The van der Waals surface area contributed by atoms with Gasteiger partial charge in [-0.1, -0.05) is 18.2 Å². The highest BCUT2D eigenvalue weighted by Gasteiger charge is 1.87. The SMILES string of the molecule is CN.CN(C)c1ccccc1. The topological polar surface area (TPSA) is 29.3 Å². The summed E-state index contributed by atoms with van der Waals surface area (Å²) in [5.74, 6) is 0. The summed E-state index contributed by atoms with van der Waals surface area (Å²) in [5.41, 5.74) is 5.75. The van der Waals surface area contributed by atoms with Gasteiger partial charge in [0.05, 0.1) is 0 Å². The maximum Gasteiger partial charge on any atom is 0.0360 e. The first-order valence-electron chi connectivity index (χ1n) is 3.61. The van der Waals surface area contributed by atoms with Gasteiger partial charge in [0.25, 0.3) is 0 Å². The molecule has 11 heavy (non-hydrogen) atoms. The third-order valence-corrected chi connectivity index (χ3v) is 1.27. The zero-order chi connectivity index (χ0) is 8.69. The van der Waals surface area contributed by atoms with Gasteiger partial charge in [-0.25, -0.2) is 0 Å². The molecule has 0 radical (unpaired) electrons. The zero-order valence-electron chi connectivity index (χ0n) is 7.41. The molecule has 0 atom stereocenters. The Labute approximate surface area is 68.6 Å². The van der Waals surface area contributed by atoms with Crippen LogP contribution in [-0.4, -0.2) is 21.1 Å². The zero-order valence-corrected chi connectivity index (χ0v) is 7.41. The summed E-state index contributed by atoms with van der Waals surface area (Å²) in [6.45, 7) is 0. The van der Waals surface area contributed by atoms with Crippen LogP contribution in [0.4, 0.5) is 5.69 Å². The minimum atomic E-state index is 1.25. The van der Waals surface area contributed by atoms with E-state index in [0.717, 1.165) is 0 Å². The summed E-state index contributed by atoms with van der Waals surface area (Å²) in [5, 5.41) is 0. The van der Waals surface area contributed by atoms with Crippen molar-refractivity contribution in [3.05, 3.63) is 30.3 Å². The van der Waals surface area contributed by atoms with Gasteiger partial charge in [0.1, 0.15) is 0 Å². The summed E-state index contributed by atoms with van der Waals surface area (Å²) in [6.07, 6.45) is 0. The first kappa shape index (κ1) is 9.98. The Balaban J connectivity index is 0.000000461. The van der Waals surface area contributed by atoms with Gasteiger partial charge in [0, 0.05) is 19.8 Å². The highest BCUT2D eigenvalue weighted by atomic mass is 15.1. The lowest BCUT2D eigenvalue weighted by atomic mass is 10.3. The number of para-hydroxylation sites is 1. The predicted molar refractivity (Wildman–Crippen MR) is 50.9 cm³/mol. The summed E-state index contributed by atoms with van der Waals surface area (Å²) in [4.78, 5) is 2.08. The second-order valence-electron chi connectivity index (χ2n) is 2.23. The van der Waals surface area contributed by atoms with E-state index in [1.807, 2.05) is 32.3 Å². The lowest BCUT2D eigenvalue weighted by Gasteiger charge is -2.10. The number of rotatable bonds is 1. The fraction of sp³-hybridized carbons (Fsp3) is 0.333. The molecule has 2 heteroatoms. The molecular weight excluding hydrogens is 136 g/mol. The van der Waals surface area contributed by atoms with Crippen LogP contribution in [-0.2, 0) is 0 Å². The molecule has 0 saturated carbocycles. The average Bonchev–Trinajstić information content (AvgIpc) is 2.10. The van der Waals surface area contributed by atoms with Crippen LogP contribution in [0.5, 0.6) is 0 Å². The molecule has 2 nitrogen and oxygen atoms in total. The van der Waals surface area contributed by atoms with Crippen molar-refractivity contribution in [2.45, 2.75) is 0 Å². The minimum absolute atomic E-state index is 1.25. The normalized spacial score (nSPS) is 8.00. The molecule has 0 heterocycles. The van der Waals surface area contributed by atoms with Crippen LogP contribution in [0.15, 0.2) is 30.3 Å². The fourth-order valence-electron chi connectivity index (χ4n) is 0.726. The molecule has 0 saturated heterocycles. The fourth-order valence-corrected chi connectivity index (χ4v) is 0.726. The molecule has 0 aliphatic carbocycles. The Morgan fingerprint density at radius 3 is 1.73 bits per heavy atom. The van der Waals surface area contributed by atoms with Gasteiger partial charge in [-0.15, -0.1) is 0 Å². The van der Waals surface area contributed by atoms with Crippen LogP contribution in [0, 0.1) is 0 Å². The van der Waals surface area contributed by atoms with Crippen LogP contribution >= 0.6 is 0 Å². The highest BCUT2D eigenvalue weighted by Crippen LogP contribution is 2.07. The van der Waals surface area contributed by atoms with Crippen LogP contribution in [0.25, 0.3) is 0 Å². The van der Waals surface area contributed by atoms with Crippen LogP contribution < -0.4 is 10.6 Å². The van der Waals surface area contributed by atoms with E-state index in [4.69, 9.17) is 0 Å². The van der Waals surface area contributed by atoms with E-state index in [9.17, 15) is 0 Å². The van der Waals surface area contributed by atoms with Gasteiger partial charge >= 0.3 is 0 Å². The molecule has 0 spiro atoms. The van der Waals surface area contributed by atoms with Crippen molar-refractivity contribution in [1.29, 1.82) is 0 Å². The Morgan fingerprint density at radius 2 is 1.45 bits per heavy atom. The quantitative estimate of drug-likeness (QED) is 0.657. The molecule has 0 aromatic heterocycles. The number of benzene rings is 1. The molecule has 0 aliphatic heterocycles. The molecule has 0 unspecified atom stereocenters. The summed E-state index contributed by atoms with van der Waals surface area (Å²) in [6, 6.07) is 10.3. The highest BCUT2D eigenvalue weighted by molar-refractivity contribution is 5.43. The summed E-state index contributed by atoms with van der Waals surface area (Å²) >= 11 is 0. The van der Waals surface area contributed by atoms with E-state index in [1.54, 1.807) is 0 Å². The number of nitrogens with two attached hydrogens (primary N) is 1. The van der Waals surface area contributed by atoms with Crippen molar-refractivity contribution in [1.82, 2.24) is 0 Å². The Bertz CT molecular complexity index is 170. The van der Waals surface area contributed by atoms with Gasteiger partial charge < -0.3 is 10.6 Å². The summed E-state index contributed by atoms with van der Waals surface area (Å²) < 4.78 is 0. The smallest absolute Gasteiger partial charge is 0.0360 e. The van der Waals surface area contributed by atoms with E-state index in [0.29, 0.717) is 0 Å². The molecule has 62 valence electrons. The van der Waals surface area contributed by atoms with Crippen LogP contribution in [0.1, 0.15) is 0 Å². The monoisotopic (exact) mass is 152 g/mol. The lowest BCUT2D eigenvalue weighted by Crippen LogP contribution is -2.07. The third kappa shape index (κ3) is 3.63. The largest absolute Gasteiger partial charge is 0.378 e. The van der Waals surface area contributed by atoms with Gasteiger partial charge in [-0.2, -0.15) is 0 Å². The van der Waals surface area contributed by atoms with Crippen molar-refractivity contribution in [2.75, 3.05) is 26.0 Å². The summed E-state index contributed by atoms with van der Waals surface area (Å²) in [7, 11) is 5.57. The molecule has 1 rings (SSSR count). The van der Waals surface area contributed by atoms with Gasteiger partial charge in [0.15, 0.2) is 0 Å². The van der Waals surface area contributed by atoms with Crippen molar-refractivity contribution in [2.24, 2.45) is 5.73 Å². The van der Waals surface area contributed by atoms with Crippen LogP contribution in [0.2, 0.25) is 0 Å². The number of anilines is 1. The minimum Gasteiger partial charge on any atom is -0.378 e. The Hall–Kier alpha value is -1.02. The van der Waals surface area contributed by atoms with Crippen molar-refractivity contribution in [3.63, 3.8) is 0 Å². The number of hydrogen-bond acceptors (Lipinski definition) is 2. The lowest BCUT2D eigenvalue weighted by molar-refractivity contribution is 1.13. The standard InChI is InChI=1S/C8H11N.CH5N/c1-9(2)8-6-4-3-5-7-8;1-2/h3-7H,1-2H3;2H2,1H3. The molecule has 0 fully saturated rings. The van der Waals surface area contributed by atoms with E-state index < -0.39 is 0 Å². The predicted octanol–water partition coefficient (Wildman–Crippen LogP) is 1.33. The maximum absolute atomic E-state index is 4.50. The van der Waals surface area contributed by atoms with Crippen LogP contribution in [0.3, 0.4) is 0 Å². The maximum atomic E-state index is 4.50. The second kappa shape index (κ2) is 5.74. The Morgan fingerprint density at radius 1 is 1.00 bits per heavy atom. The molecule has 1 aromatic rings. The molecule has 0 amide bonds. The van der Waals surface area contributed by atoms with E-state index in [-0.39, 0.29) is 0 Å².